The average molecular weight is 280 g/mol. The molecule has 0 aliphatic carbocycles. The lowest BCUT2D eigenvalue weighted by Crippen LogP contribution is -2.25. The van der Waals surface area contributed by atoms with Gasteiger partial charge >= 0.3 is 5.97 Å². The normalized spacial score (nSPS) is 14.2. The highest BCUT2D eigenvalue weighted by atomic mass is 16.6. The number of benzene rings is 1. The van der Waals surface area contributed by atoms with Crippen molar-refractivity contribution in [3.8, 4) is 11.5 Å². The highest BCUT2D eigenvalue weighted by molar-refractivity contribution is 5.69. The zero-order valence-electron chi connectivity index (χ0n) is 12.1. The molecule has 0 saturated carbocycles. The summed E-state index contributed by atoms with van der Waals surface area (Å²) in [6.45, 7) is 5.20. The van der Waals surface area contributed by atoms with Gasteiger partial charge in [-0.15, -0.1) is 0 Å². The maximum Gasteiger partial charge on any atom is 0.304 e. The molecule has 0 amide bonds. The van der Waals surface area contributed by atoms with E-state index in [4.69, 9.17) is 19.3 Å². The van der Waals surface area contributed by atoms with Crippen molar-refractivity contribution in [2.24, 2.45) is 0 Å². The van der Waals surface area contributed by atoms with Crippen LogP contribution in [0.5, 0.6) is 11.5 Å². The van der Waals surface area contributed by atoms with E-state index >= 15 is 0 Å². The summed E-state index contributed by atoms with van der Waals surface area (Å²) >= 11 is 0. The number of methoxy groups -OCH3 is 1. The second-order valence-electron chi connectivity index (χ2n) is 5.50. The Balaban J connectivity index is 2.49. The SMILES string of the molecule is COCc1c(C(C)(C)CC(=O)O)ccc2c1OCCO2. The first-order valence-electron chi connectivity index (χ1n) is 6.58. The monoisotopic (exact) mass is 280 g/mol. The van der Waals surface area contributed by atoms with Gasteiger partial charge in [0.15, 0.2) is 11.5 Å². The van der Waals surface area contributed by atoms with E-state index in [1.54, 1.807) is 7.11 Å². The summed E-state index contributed by atoms with van der Waals surface area (Å²) in [4.78, 5) is 11.1. The number of hydrogen-bond acceptors (Lipinski definition) is 4. The molecule has 1 aromatic carbocycles. The van der Waals surface area contributed by atoms with E-state index in [0.29, 0.717) is 31.3 Å². The molecule has 110 valence electrons. The maximum atomic E-state index is 11.1. The standard InChI is InChI=1S/C15H20O5/c1-15(2,8-13(16)17)11-4-5-12-14(10(11)9-18-3)20-7-6-19-12/h4-5H,6-9H2,1-3H3,(H,16,17). The minimum atomic E-state index is -0.826. The lowest BCUT2D eigenvalue weighted by atomic mass is 9.78. The molecule has 0 spiro atoms. The molecule has 0 atom stereocenters. The predicted molar refractivity (Wildman–Crippen MR) is 73.4 cm³/mol. The molecule has 0 saturated heterocycles. The first-order chi connectivity index (χ1) is 9.45. The van der Waals surface area contributed by atoms with E-state index in [1.807, 2.05) is 26.0 Å². The van der Waals surface area contributed by atoms with Gasteiger partial charge < -0.3 is 19.3 Å². The zero-order valence-corrected chi connectivity index (χ0v) is 12.1. The van der Waals surface area contributed by atoms with Crippen molar-refractivity contribution >= 4 is 5.97 Å². The van der Waals surface area contributed by atoms with Gasteiger partial charge in [0.1, 0.15) is 13.2 Å². The third-order valence-electron chi connectivity index (χ3n) is 3.42. The predicted octanol–water partition coefficient (Wildman–Crippen LogP) is 2.36. The summed E-state index contributed by atoms with van der Waals surface area (Å²) in [7, 11) is 1.61. The van der Waals surface area contributed by atoms with Crippen LogP contribution >= 0.6 is 0 Å². The molecule has 20 heavy (non-hydrogen) atoms. The molecule has 2 rings (SSSR count). The van der Waals surface area contributed by atoms with Crippen LogP contribution in [-0.4, -0.2) is 31.4 Å². The number of carbonyl (C=O) groups is 1. The number of fused-ring (bicyclic) bond motifs is 1. The van der Waals surface area contributed by atoms with Gasteiger partial charge in [-0.05, 0) is 11.6 Å². The van der Waals surface area contributed by atoms with Gasteiger partial charge in [0.05, 0.1) is 13.0 Å². The third kappa shape index (κ3) is 2.88. The summed E-state index contributed by atoms with van der Waals surface area (Å²) in [6, 6.07) is 3.75. The minimum Gasteiger partial charge on any atom is -0.486 e. The first-order valence-corrected chi connectivity index (χ1v) is 6.58. The number of rotatable bonds is 5. The Labute approximate surface area is 118 Å². The van der Waals surface area contributed by atoms with Gasteiger partial charge in [-0.2, -0.15) is 0 Å². The van der Waals surface area contributed by atoms with Crippen LogP contribution in [0.25, 0.3) is 0 Å². The topological polar surface area (TPSA) is 65.0 Å². The van der Waals surface area contributed by atoms with Gasteiger partial charge in [0.2, 0.25) is 0 Å². The van der Waals surface area contributed by atoms with Crippen LogP contribution in [0.4, 0.5) is 0 Å². The Morgan fingerprint density at radius 3 is 2.70 bits per heavy atom. The first kappa shape index (κ1) is 14.7. The molecule has 1 aliphatic heterocycles. The Morgan fingerprint density at radius 2 is 2.05 bits per heavy atom. The second kappa shape index (κ2) is 5.71. The van der Waals surface area contributed by atoms with Crippen molar-refractivity contribution in [3.05, 3.63) is 23.3 Å². The van der Waals surface area contributed by atoms with Gasteiger partial charge in [-0.25, -0.2) is 0 Å². The number of aliphatic carboxylic acids is 1. The van der Waals surface area contributed by atoms with Crippen LogP contribution in [0, 0.1) is 0 Å². The maximum absolute atomic E-state index is 11.1. The van der Waals surface area contributed by atoms with Gasteiger partial charge in [0.25, 0.3) is 0 Å². The fourth-order valence-corrected chi connectivity index (χ4v) is 2.57. The molecule has 5 nitrogen and oxygen atoms in total. The number of carboxylic acid groups (broad SMARTS) is 1. The Hall–Kier alpha value is -1.75. The second-order valence-corrected chi connectivity index (χ2v) is 5.50. The van der Waals surface area contributed by atoms with Crippen molar-refractivity contribution in [2.75, 3.05) is 20.3 Å². The number of carboxylic acids is 1. The van der Waals surface area contributed by atoms with E-state index in [2.05, 4.69) is 0 Å². The summed E-state index contributed by atoms with van der Waals surface area (Å²) in [5.41, 5.74) is 1.29. The summed E-state index contributed by atoms with van der Waals surface area (Å²) in [6.07, 6.45) is 0.0450. The van der Waals surface area contributed by atoms with Crippen LogP contribution in [0.15, 0.2) is 12.1 Å². The molecule has 5 heteroatoms. The Kier molecular flexibility index (Phi) is 4.18. The summed E-state index contributed by atoms with van der Waals surface area (Å²) in [5, 5.41) is 9.08. The highest BCUT2D eigenvalue weighted by Gasteiger charge is 2.30. The molecule has 1 aromatic rings. The molecular weight excluding hydrogens is 260 g/mol. The van der Waals surface area contributed by atoms with Crippen molar-refractivity contribution in [3.63, 3.8) is 0 Å². The molecule has 0 bridgehead atoms. The minimum absolute atomic E-state index is 0.0450. The van der Waals surface area contributed by atoms with Crippen molar-refractivity contribution in [1.82, 2.24) is 0 Å². The van der Waals surface area contributed by atoms with E-state index < -0.39 is 11.4 Å². The van der Waals surface area contributed by atoms with Crippen molar-refractivity contribution in [1.29, 1.82) is 0 Å². The van der Waals surface area contributed by atoms with Gasteiger partial charge in [-0.1, -0.05) is 19.9 Å². The van der Waals surface area contributed by atoms with E-state index in [9.17, 15) is 4.79 Å². The molecule has 1 aliphatic rings. The highest BCUT2D eigenvalue weighted by Crippen LogP contribution is 2.41. The average Bonchev–Trinajstić information content (AvgIpc) is 2.37. The lowest BCUT2D eigenvalue weighted by molar-refractivity contribution is -0.138. The number of ether oxygens (including phenoxy) is 3. The Morgan fingerprint density at radius 1 is 1.35 bits per heavy atom. The molecule has 0 aromatic heterocycles. The number of hydrogen-bond donors (Lipinski definition) is 1. The van der Waals surface area contributed by atoms with Crippen LogP contribution < -0.4 is 9.47 Å². The molecule has 0 fully saturated rings. The smallest absolute Gasteiger partial charge is 0.304 e. The molecule has 0 radical (unpaired) electrons. The molecule has 1 heterocycles. The van der Waals surface area contributed by atoms with E-state index in [-0.39, 0.29) is 6.42 Å². The van der Waals surface area contributed by atoms with Crippen LogP contribution in [0.1, 0.15) is 31.4 Å². The molecule has 1 N–H and O–H groups in total. The summed E-state index contributed by atoms with van der Waals surface area (Å²) < 4.78 is 16.5. The van der Waals surface area contributed by atoms with Crippen LogP contribution in [-0.2, 0) is 21.6 Å². The van der Waals surface area contributed by atoms with Crippen molar-refractivity contribution in [2.45, 2.75) is 32.3 Å². The third-order valence-corrected chi connectivity index (χ3v) is 3.42. The molecular formula is C15H20O5. The Bertz CT molecular complexity index is 507. The molecule has 0 unspecified atom stereocenters. The largest absolute Gasteiger partial charge is 0.486 e. The zero-order chi connectivity index (χ0) is 14.8. The van der Waals surface area contributed by atoms with E-state index in [1.165, 1.54) is 0 Å². The fourth-order valence-electron chi connectivity index (χ4n) is 2.57. The van der Waals surface area contributed by atoms with Gasteiger partial charge in [-0.3, -0.25) is 4.79 Å². The van der Waals surface area contributed by atoms with Crippen LogP contribution in [0.3, 0.4) is 0 Å². The quantitative estimate of drug-likeness (QED) is 0.897. The van der Waals surface area contributed by atoms with Crippen LogP contribution in [0.2, 0.25) is 0 Å². The van der Waals surface area contributed by atoms with Crippen molar-refractivity contribution < 1.29 is 24.1 Å². The summed E-state index contributed by atoms with van der Waals surface area (Å²) in [5.74, 6) is 0.542. The van der Waals surface area contributed by atoms with E-state index in [0.717, 1.165) is 11.1 Å². The van der Waals surface area contributed by atoms with Gasteiger partial charge in [0, 0.05) is 18.1 Å². The lowest BCUT2D eigenvalue weighted by Gasteiger charge is -2.29. The fraction of sp³-hybridized carbons (Fsp3) is 0.533.